The van der Waals surface area contributed by atoms with Crippen molar-refractivity contribution >= 4 is 44.8 Å². The summed E-state index contributed by atoms with van der Waals surface area (Å²) in [7, 11) is 2.27. The van der Waals surface area contributed by atoms with Gasteiger partial charge in [0.2, 0.25) is 0 Å². The van der Waals surface area contributed by atoms with Crippen molar-refractivity contribution in [1.82, 2.24) is 14.1 Å². The first-order valence-electron chi connectivity index (χ1n) is 6.79. The Morgan fingerprint density at radius 2 is 1.88 bits per heavy atom. The topological polar surface area (TPSA) is 66.1 Å². The van der Waals surface area contributed by atoms with Crippen molar-refractivity contribution < 1.29 is 17.9 Å². The van der Waals surface area contributed by atoms with E-state index in [1.807, 2.05) is 0 Å². The molecule has 0 radical (unpaired) electrons. The molecule has 26 heavy (non-hydrogen) atoms. The lowest BCUT2D eigenvalue weighted by atomic mass is 10.2. The van der Waals surface area contributed by atoms with Crippen molar-refractivity contribution in [3.05, 3.63) is 48.2 Å². The molecular formula is C14H8Cl2F3N3O3S. The third-order valence-corrected chi connectivity index (χ3v) is 5.04. The number of fused-ring (bicyclic) bond motifs is 1. The van der Waals surface area contributed by atoms with E-state index in [0.717, 1.165) is 18.4 Å². The molecule has 0 saturated heterocycles. The minimum Gasteiger partial charge on any atom is -0.494 e. The lowest BCUT2D eigenvalue weighted by Gasteiger charge is -2.15. The molecule has 0 unspecified atom stereocenters. The monoisotopic (exact) mass is 425 g/mol. The molecule has 6 nitrogen and oxygen atoms in total. The summed E-state index contributed by atoms with van der Waals surface area (Å²) in [5.41, 5.74) is -3.63. The molecule has 0 atom stereocenters. The highest BCUT2D eigenvalue weighted by Gasteiger charge is 2.35. The molecule has 12 heteroatoms. The zero-order chi connectivity index (χ0) is 19.4. The second-order valence-corrected chi connectivity index (χ2v) is 7.08. The fraction of sp³-hybridized carbons (Fsp3) is 0.214. The van der Waals surface area contributed by atoms with Crippen molar-refractivity contribution in [2.24, 2.45) is 7.05 Å². The summed E-state index contributed by atoms with van der Waals surface area (Å²) in [6.45, 7) is 0. The Kier molecular flexibility index (Phi) is 4.53. The van der Waals surface area contributed by atoms with Gasteiger partial charge in [0.25, 0.3) is 5.56 Å². The van der Waals surface area contributed by atoms with Crippen LogP contribution in [0.3, 0.4) is 0 Å². The van der Waals surface area contributed by atoms with Gasteiger partial charge in [-0.1, -0.05) is 23.2 Å². The van der Waals surface area contributed by atoms with Gasteiger partial charge >= 0.3 is 11.9 Å². The SMILES string of the molecule is COc1cc(Cl)c(-n2c(=O)cc(C(F)(F)F)n(C)c2=O)c2sc(Cl)nc12. The van der Waals surface area contributed by atoms with Crippen molar-refractivity contribution in [2.75, 3.05) is 7.11 Å². The van der Waals surface area contributed by atoms with E-state index in [-0.39, 0.29) is 31.1 Å². The van der Waals surface area contributed by atoms with Gasteiger partial charge in [0.15, 0.2) is 4.47 Å². The van der Waals surface area contributed by atoms with Crippen LogP contribution in [0.25, 0.3) is 15.9 Å². The average molecular weight is 426 g/mol. The Labute approximate surface area is 157 Å². The number of hydrogen-bond acceptors (Lipinski definition) is 5. The lowest BCUT2D eigenvalue weighted by Crippen LogP contribution is -2.40. The van der Waals surface area contributed by atoms with E-state index in [1.54, 1.807) is 0 Å². The Morgan fingerprint density at radius 1 is 1.23 bits per heavy atom. The van der Waals surface area contributed by atoms with Crippen LogP contribution in [0.5, 0.6) is 5.75 Å². The molecule has 138 valence electrons. The van der Waals surface area contributed by atoms with Gasteiger partial charge in [-0.15, -0.1) is 11.3 Å². The van der Waals surface area contributed by atoms with E-state index < -0.39 is 23.1 Å². The molecule has 0 aliphatic heterocycles. The van der Waals surface area contributed by atoms with E-state index >= 15 is 0 Å². The summed E-state index contributed by atoms with van der Waals surface area (Å²) < 4.78 is 45.3. The largest absolute Gasteiger partial charge is 0.494 e. The smallest absolute Gasteiger partial charge is 0.431 e. The van der Waals surface area contributed by atoms with E-state index in [2.05, 4.69) is 4.98 Å². The quantitative estimate of drug-likeness (QED) is 0.630. The van der Waals surface area contributed by atoms with Crippen LogP contribution in [0.15, 0.2) is 21.7 Å². The van der Waals surface area contributed by atoms with Crippen LogP contribution in [0, 0.1) is 0 Å². The van der Waals surface area contributed by atoms with Crippen LogP contribution < -0.4 is 16.0 Å². The molecular weight excluding hydrogens is 418 g/mol. The molecule has 0 spiro atoms. The number of alkyl halides is 3. The molecule has 3 rings (SSSR count). The molecule has 0 saturated carbocycles. The molecule has 0 amide bonds. The first-order chi connectivity index (χ1) is 12.1. The molecule has 0 fully saturated rings. The van der Waals surface area contributed by atoms with Crippen molar-refractivity contribution in [3.63, 3.8) is 0 Å². The molecule has 0 N–H and O–H groups in total. The lowest BCUT2D eigenvalue weighted by molar-refractivity contribution is -0.144. The number of aromatic nitrogens is 3. The zero-order valence-corrected chi connectivity index (χ0v) is 15.3. The maximum absolute atomic E-state index is 13.0. The van der Waals surface area contributed by atoms with Crippen LogP contribution >= 0.6 is 34.5 Å². The summed E-state index contributed by atoms with van der Waals surface area (Å²) in [4.78, 5) is 28.9. The summed E-state index contributed by atoms with van der Waals surface area (Å²) >= 11 is 13.0. The second-order valence-electron chi connectivity index (χ2n) is 5.10. The Bertz CT molecular complexity index is 1150. The van der Waals surface area contributed by atoms with Crippen LogP contribution in [-0.2, 0) is 13.2 Å². The van der Waals surface area contributed by atoms with Gasteiger partial charge in [0.05, 0.1) is 22.5 Å². The van der Waals surface area contributed by atoms with Gasteiger partial charge in [0.1, 0.15) is 17.0 Å². The first-order valence-corrected chi connectivity index (χ1v) is 8.36. The van der Waals surface area contributed by atoms with E-state index in [4.69, 9.17) is 27.9 Å². The normalized spacial score (nSPS) is 12.0. The standard InChI is InChI=1S/C14H8Cl2F3N3O3S/c1-21-7(14(17,18)19)4-8(23)22(13(21)24)10-5(15)3-6(25-2)9-11(10)26-12(16)20-9/h3-4H,1-2H3. The molecule has 0 aliphatic rings. The van der Waals surface area contributed by atoms with Crippen LogP contribution in [0.2, 0.25) is 9.49 Å². The van der Waals surface area contributed by atoms with Crippen molar-refractivity contribution in [3.8, 4) is 11.4 Å². The molecule has 1 aromatic carbocycles. The summed E-state index contributed by atoms with van der Waals surface area (Å²) in [6.07, 6.45) is -4.86. The Hall–Kier alpha value is -2.04. The molecule has 2 aromatic heterocycles. The second kappa shape index (κ2) is 6.29. The highest BCUT2D eigenvalue weighted by Crippen LogP contribution is 2.40. The highest BCUT2D eigenvalue weighted by atomic mass is 35.5. The number of thiazole rings is 1. The molecule has 0 aliphatic carbocycles. The maximum atomic E-state index is 13.0. The minimum absolute atomic E-state index is 0.0753. The fourth-order valence-corrected chi connectivity index (χ4v) is 3.95. The highest BCUT2D eigenvalue weighted by molar-refractivity contribution is 7.22. The summed E-state index contributed by atoms with van der Waals surface area (Å²) in [5.74, 6) is 0.244. The third kappa shape index (κ3) is 2.87. The van der Waals surface area contributed by atoms with Crippen molar-refractivity contribution in [1.29, 1.82) is 0 Å². The summed E-state index contributed by atoms with van der Waals surface area (Å²) in [6, 6.07) is 1.63. The van der Waals surface area contributed by atoms with E-state index in [9.17, 15) is 22.8 Å². The Balaban J connectivity index is 2.46. The van der Waals surface area contributed by atoms with Crippen LogP contribution in [0.4, 0.5) is 13.2 Å². The van der Waals surface area contributed by atoms with Crippen LogP contribution in [0.1, 0.15) is 5.69 Å². The summed E-state index contributed by atoms with van der Waals surface area (Å²) in [5, 5.41) is -0.0753. The minimum atomic E-state index is -4.86. The predicted molar refractivity (Wildman–Crippen MR) is 92.0 cm³/mol. The number of ether oxygens (including phenoxy) is 1. The molecule has 0 bridgehead atoms. The van der Waals surface area contributed by atoms with Gasteiger partial charge < -0.3 is 4.74 Å². The van der Waals surface area contributed by atoms with Gasteiger partial charge in [-0.3, -0.25) is 9.36 Å². The van der Waals surface area contributed by atoms with Crippen LogP contribution in [-0.4, -0.2) is 21.2 Å². The van der Waals surface area contributed by atoms with Gasteiger partial charge in [0, 0.05) is 19.2 Å². The van der Waals surface area contributed by atoms with Gasteiger partial charge in [-0.05, 0) is 0 Å². The number of benzene rings is 1. The number of nitrogens with zero attached hydrogens (tertiary/aromatic N) is 3. The predicted octanol–water partition coefficient (Wildman–Crippen LogP) is 3.48. The van der Waals surface area contributed by atoms with Crippen molar-refractivity contribution in [2.45, 2.75) is 6.18 Å². The van der Waals surface area contributed by atoms with E-state index in [0.29, 0.717) is 15.2 Å². The number of rotatable bonds is 2. The van der Waals surface area contributed by atoms with E-state index in [1.165, 1.54) is 13.2 Å². The number of hydrogen-bond donors (Lipinski definition) is 0. The first kappa shape index (κ1) is 18.7. The Morgan fingerprint density at radius 3 is 2.46 bits per heavy atom. The molecule has 2 heterocycles. The third-order valence-electron chi connectivity index (χ3n) is 3.59. The maximum Gasteiger partial charge on any atom is 0.431 e. The fourth-order valence-electron chi connectivity index (χ4n) is 2.45. The molecule has 3 aromatic rings. The average Bonchev–Trinajstić information content (AvgIpc) is 2.92. The van der Waals surface area contributed by atoms with Gasteiger partial charge in [-0.25, -0.2) is 14.3 Å². The number of halogens is 5. The number of methoxy groups -OCH3 is 1. The van der Waals surface area contributed by atoms with Gasteiger partial charge in [-0.2, -0.15) is 13.2 Å². The zero-order valence-electron chi connectivity index (χ0n) is 13.0.